The first-order chi connectivity index (χ1) is 9.44. The van der Waals surface area contributed by atoms with E-state index in [1.54, 1.807) is 12.2 Å². The Morgan fingerprint density at radius 1 is 0.952 bits per heavy atom. The van der Waals surface area contributed by atoms with Crippen LogP contribution >= 0.6 is 0 Å². The van der Waals surface area contributed by atoms with Crippen LogP contribution in [0.25, 0.3) is 0 Å². The van der Waals surface area contributed by atoms with E-state index in [9.17, 15) is 9.59 Å². The van der Waals surface area contributed by atoms with Gasteiger partial charge in [-0.1, -0.05) is 20.8 Å². The van der Waals surface area contributed by atoms with Gasteiger partial charge in [0, 0.05) is 13.8 Å². The van der Waals surface area contributed by atoms with Crippen LogP contribution in [-0.4, -0.2) is 38.6 Å². The minimum atomic E-state index is -2.08. The second kappa shape index (κ2) is 6.32. The molecule has 0 fully saturated rings. The summed E-state index contributed by atoms with van der Waals surface area (Å²) in [5.41, 5.74) is 0. The van der Waals surface area contributed by atoms with E-state index in [1.165, 1.54) is 13.8 Å². The second-order valence-corrected chi connectivity index (χ2v) is 11.6. The summed E-state index contributed by atoms with van der Waals surface area (Å²) in [4.78, 5) is 22.5. The van der Waals surface area contributed by atoms with Gasteiger partial charge in [-0.15, -0.1) is 0 Å². The maximum atomic E-state index is 11.2. The molecular formula is C15H26O5Si. The summed E-state index contributed by atoms with van der Waals surface area (Å²) in [6.07, 6.45) is 1.96. The molecule has 0 saturated carbocycles. The fourth-order valence-electron chi connectivity index (χ4n) is 1.87. The van der Waals surface area contributed by atoms with Gasteiger partial charge in [0.1, 0.15) is 18.3 Å². The highest BCUT2D eigenvalue weighted by atomic mass is 28.4. The lowest BCUT2D eigenvalue weighted by Crippen LogP contribution is -2.50. The van der Waals surface area contributed by atoms with E-state index < -0.39 is 26.6 Å². The van der Waals surface area contributed by atoms with Crippen molar-refractivity contribution in [2.75, 3.05) is 0 Å². The lowest BCUT2D eigenvalue weighted by atomic mass is 10.2. The molecule has 0 N–H and O–H groups in total. The molecule has 0 heterocycles. The van der Waals surface area contributed by atoms with E-state index in [0.29, 0.717) is 0 Å². The quantitative estimate of drug-likeness (QED) is 0.453. The minimum absolute atomic E-state index is 0.0110. The summed E-state index contributed by atoms with van der Waals surface area (Å²) in [5.74, 6) is -0.756. The molecule has 0 amide bonds. The van der Waals surface area contributed by atoms with Gasteiger partial charge in [-0.2, -0.15) is 0 Å². The highest BCUT2D eigenvalue weighted by Crippen LogP contribution is 2.39. The fraction of sp³-hybridized carbons (Fsp3) is 0.733. The third-order valence-corrected chi connectivity index (χ3v) is 8.45. The smallest absolute Gasteiger partial charge is 0.303 e. The average Bonchev–Trinajstić information content (AvgIpc) is 2.58. The van der Waals surface area contributed by atoms with Crippen molar-refractivity contribution >= 4 is 20.3 Å². The lowest BCUT2D eigenvalue weighted by Gasteiger charge is -2.40. The van der Waals surface area contributed by atoms with Crippen molar-refractivity contribution < 1.29 is 23.5 Å². The molecule has 5 nitrogen and oxygen atoms in total. The summed E-state index contributed by atoms with van der Waals surface area (Å²) in [7, 11) is -2.08. The summed E-state index contributed by atoms with van der Waals surface area (Å²) in [5, 5.41) is 0.0110. The SMILES string of the molecule is CC(=O)O[C@H]1C=C[C@@H](OC(C)=O)C1O[Si](C)(C)C(C)(C)C. The monoisotopic (exact) mass is 314 g/mol. The van der Waals surface area contributed by atoms with Crippen molar-refractivity contribution in [3.63, 3.8) is 0 Å². The third-order valence-electron chi connectivity index (χ3n) is 3.98. The number of esters is 2. The van der Waals surface area contributed by atoms with Crippen LogP contribution in [0.15, 0.2) is 12.2 Å². The number of carbonyl (C=O) groups excluding carboxylic acids is 2. The van der Waals surface area contributed by atoms with Crippen LogP contribution in [0.4, 0.5) is 0 Å². The Morgan fingerprint density at radius 3 is 1.62 bits per heavy atom. The second-order valence-electron chi connectivity index (χ2n) is 6.88. The van der Waals surface area contributed by atoms with Crippen LogP contribution in [0.3, 0.4) is 0 Å². The largest absolute Gasteiger partial charge is 0.455 e. The van der Waals surface area contributed by atoms with Crippen molar-refractivity contribution in [1.82, 2.24) is 0 Å². The van der Waals surface area contributed by atoms with Gasteiger partial charge < -0.3 is 13.9 Å². The molecule has 120 valence electrons. The molecule has 0 aliphatic heterocycles. The average molecular weight is 314 g/mol. The van der Waals surface area contributed by atoms with Crippen LogP contribution in [0.1, 0.15) is 34.6 Å². The van der Waals surface area contributed by atoms with E-state index in [4.69, 9.17) is 13.9 Å². The summed E-state index contributed by atoms with van der Waals surface area (Å²) < 4.78 is 16.9. The zero-order valence-electron chi connectivity index (χ0n) is 13.9. The molecule has 21 heavy (non-hydrogen) atoms. The maximum absolute atomic E-state index is 11.2. The molecule has 1 aliphatic rings. The van der Waals surface area contributed by atoms with Crippen LogP contribution in [0.5, 0.6) is 0 Å². The first kappa shape index (κ1) is 17.9. The van der Waals surface area contributed by atoms with Crippen molar-refractivity contribution in [1.29, 1.82) is 0 Å². The third kappa shape index (κ3) is 4.67. The van der Waals surface area contributed by atoms with E-state index in [2.05, 4.69) is 33.9 Å². The van der Waals surface area contributed by atoms with E-state index in [0.717, 1.165) is 0 Å². The predicted octanol–water partition coefficient (Wildman–Crippen LogP) is 2.81. The highest BCUT2D eigenvalue weighted by molar-refractivity contribution is 6.74. The zero-order chi connectivity index (χ0) is 16.4. The standard InChI is InChI=1S/C15H26O5Si/c1-10(16)18-12-8-9-13(19-11(2)17)14(12)20-21(6,7)15(3,4)5/h8-9,12-14H,1-7H3/t12-,13+,14?. The number of rotatable bonds is 4. The highest BCUT2D eigenvalue weighted by Gasteiger charge is 2.45. The topological polar surface area (TPSA) is 61.8 Å². The first-order valence-electron chi connectivity index (χ1n) is 7.14. The van der Waals surface area contributed by atoms with E-state index in [1.807, 2.05) is 0 Å². The van der Waals surface area contributed by atoms with Gasteiger partial charge >= 0.3 is 11.9 Å². The molecular weight excluding hydrogens is 288 g/mol. The van der Waals surface area contributed by atoms with Gasteiger partial charge in [-0.05, 0) is 30.3 Å². The predicted molar refractivity (Wildman–Crippen MR) is 82.3 cm³/mol. The Bertz CT molecular complexity index is 410. The molecule has 0 radical (unpaired) electrons. The molecule has 0 saturated heterocycles. The van der Waals surface area contributed by atoms with Crippen LogP contribution in [0, 0.1) is 0 Å². The van der Waals surface area contributed by atoms with Crippen molar-refractivity contribution in [3.8, 4) is 0 Å². The van der Waals surface area contributed by atoms with Crippen LogP contribution < -0.4 is 0 Å². The summed E-state index contributed by atoms with van der Waals surface area (Å²) in [6, 6.07) is 0. The van der Waals surface area contributed by atoms with E-state index in [-0.39, 0.29) is 17.0 Å². The van der Waals surface area contributed by atoms with Crippen molar-refractivity contribution in [3.05, 3.63) is 12.2 Å². The number of carbonyl (C=O) groups is 2. The Morgan fingerprint density at radius 2 is 1.33 bits per heavy atom. The Balaban J connectivity index is 2.93. The van der Waals surface area contributed by atoms with Gasteiger partial charge in [-0.3, -0.25) is 9.59 Å². The number of hydrogen-bond donors (Lipinski definition) is 0. The van der Waals surface area contributed by atoms with Gasteiger partial charge in [0.05, 0.1) is 0 Å². The summed E-state index contributed by atoms with van der Waals surface area (Å²) >= 11 is 0. The number of hydrogen-bond acceptors (Lipinski definition) is 5. The normalized spacial score (nSPS) is 25.8. The molecule has 1 aliphatic carbocycles. The summed E-state index contributed by atoms with van der Waals surface area (Å²) in [6.45, 7) is 13.3. The van der Waals surface area contributed by atoms with Crippen molar-refractivity contribution in [2.24, 2.45) is 0 Å². The van der Waals surface area contributed by atoms with Gasteiger partial charge in [0.15, 0.2) is 8.32 Å². The first-order valence-corrected chi connectivity index (χ1v) is 10.1. The molecule has 0 aromatic heterocycles. The number of ether oxygens (including phenoxy) is 2. The van der Waals surface area contributed by atoms with Crippen molar-refractivity contribution in [2.45, 2.75) is 71.1 Å². The molecule has 1 unspecified atom stereocenters. The Labute approximate surface area is 127 Å². The van der Waals surface area contributed by atoms with Gasteiger partial charge in [0.25, 0.3) is 0 Å². The molecule has 3 atom stereocenters. The molecule has 0 aromatic carbocycles. The Hall–Kier alpha value is -1.14. The molecule has 0 spiro atoms. The van der Waals surface area contributed by atoms with Crippen LogP contribution in [0.2, 0.25) is 18.1 Å². The zero-order valence-corrected chi connectivity index (χ0v) is 14.9. The van der Waals surface area contributed by atoms with Crippen LogP contribution in [-0.2, 0) is 23.5 Å². The Kier molecular flexibility index (Phi) is 5.39. The van der Waals surface area contributed by atoms with E-state index >= 15 is 0 Å². The lowest BCUT2D eigenvalue weighted by molar-refractivity contribution is -0.156. The molecule has 1 rings (SSSR count). The molecule has 6 heteroatoms. The van der Waals surface area contributed by atoms with Gasteiger partial charge in [-0.25, -0.2) is 0 Å². The van der Waals surface area contributed by atoms with Gasteiger partial charge in [0.2, 0.25) is 0 Å². The minimum Gasteiger partial charge on any atom is -0.455 e. The fourth-order valence-corrected chi connectivity index (χ4v) is 3.17. The molecule has 0 aromatic rings. The maximum Gasteiger partial charge on any atom is 0.303 e. The molecule has 0 bridgehead atoms.